The third-order valence-corrected chi connectivity index (χ3v) is 6.91. The van der Waals surface area contributed by atoms with Gasteiger partial charge in [-0.1, -0.05) is 13.3 Å². The van der Waals surface area contributed by atoms with E-state index in [2.05, 4.69) is 12.2 Å². The summed E-state index contributed by atoms with van der Waals surface area (Å²) in [6.07, 6.45) is -0.935. The van der Waals surface area contributed by atoms with Gasteiger partial charge in [0.25, 0.3) is 0 Å². The minimum Gasteiger partial charge on any atom is -0.424 e. The van der Waals surface area contributed by atoms with Crippen molar-refractivity contribution in [2.45, 2.75) is 81.1 Å². The Labute approximate surface area is 175 Å². The van der Waals surface area contributed by atoms with Gasteiger partial charge in [0.15, 0.2) is 12.2 Å². The van der Waals surface area contributed by atoms with Crippen LogP contribution in [0.5, 0.6) is 0 Å². The molecule has 3 aliphatic heterocycles. The molecule has 0 spiro atoms. The molecule has 0 aliphatic carbocycles. The van der Waals surface area contributed by atoms with E-state index < -0.39 is 48.2 Å². The highest BCUT2D eigenvalue weighted by Gasteiger charge is 2.56. The summed E-state index contributed by atoms with van der Waals surface area (Å²) in [6.45, 7) is 4.53. The predicted molar refractivity (Wildman–Crippen MR) is 106 cm³/mol. The first kappa shape index (κ1) is 22.6. The Kier molecular flexibility index (Phi) is 7.32. The number of nitrogens with one attached hydrogen (secondary N) is 1. The van der Waals surface area contributed by atoms with Gasteiger partial charge in [-0.2, -0.15) is 0 Å². The van der Waals surface area contributed by atoms with Crippen molar-refractivity contribution in [2.75, 3.05) is 19.8 Å². The lowest BCUT2D eigenvalue weighted by atomic mass is 9.92. The first-order chi connectivity index (χ1) is 13.8. The third kappa shape index (κ3) is 4.66. The number of nitrogens with zero attached hydrogens (tertiary/aromatic N) is 1. The smallest absolute Gasteiger partial charge is 0.424 e. The van der Waals surface area contributed by atoms with Crippen molar-refractivity contribution in [2.24, 2.45) is 5.92 Å². The molecule has 0 radical (unpaired) electrons. The Morgan fingerprint density at radius 1 is 1.38 bits per heavy atom. The highest BCUT2D eigenvalue weighted by Crippen LogP contribution is 2.36. The minimum atomic E-state index is -1.23. The number of hydrogen-bond donors (Lipinski definition) is 3. The third-order valence-electron chi connectivity index (χ3n) is 6.07. The van der Waals surface area contributed by atoms with Gasteiger partial charge in [0.05, 0.1) is 18.2 Å². The van der Waals surface area contributed by atoms with Crippen LogP contribution in [0, 0.1) is 5.92 Å². The molecule has 3 aliphatic rings. The largest absolute Gasteiger partial charge is 0.509 e. The first-order valence-electron chi connectivity index (χ1n) is 10.2. The molecule has 0 aromatic heterocycles. The summed E-state index contributed by atoms with van der Waals surface area (Å²) < 4.78 is 16.2. The van der Waals surface area contributed by atoms with E-state index in [4.69, 9.17) is 14.2 Å². The van der Waals surface area contributed by atoms with Gasteiger partial charge in [0.1, 0.15) is 17.6 Å². The average Bonchev–Trinajstić information content (AvgIpc) is 3.23. The topological polar surface area (TPSA) is 118 Å². The van der Waals surface area contributed by atoms with E-state index in [9.17, 15) is 19.8 Å². The Morgan fingerprint density at radius 2 is 2.07 bits per heavy atom. The van der Waals surface area contributed by atoms with Crippen LogP contribution < -0.4 is 5.32 Å². The normalized spacial score (nSPS) is 39.4. The van der Waals surface area contributed by atoms with E-state index in [0.29, 0.717) is 5.92 Å². The van der Waals surface area contributed by atoms with E-state index in [-0.39, 0.29) is 11.9 Å². The van der Waals surface area contributed by atoms with Gasteiger partial charge >= 0.3 is 6.16 Å². The number of amides is 1. The maximum atomic E-state index is 13.0. The number of hydrogen-bond acceptors (Lipinski definition) is 9. The van der Waals surface area contributed by atoms with Crippen LogP contribution in [0.15, 0.2) is 0 Å². The second-order valence-corrected chi connectivity index (χ2v) is 9.17. The molecule has 3 heterocycles. The SMILES string of the molecule is CCCC1C[C@@H](C(=O)NC(C(C)O)C2OC(SC)C3OC(=O)OC3C2O)N(C)C1. The summed E-state index contributed by atoms with van der Waals surface area (Å²) >= 11 is 1.32. The van der Waals surface area contributed by atoms with Gasteiger partial charge < -0.3 is 29.7 Å². The number of likely N-dealkylation sites (N-methyl/N-ethyl adjacent to an activating group) is 1. The molecule has 3 N–H and O–H groups in total. The monoisotopic (exact) mass is 432 g/mol. The van der Waals surface area contributed by atoms with Crippen molar-refractivity contribution in [1.82, 2.24) is 10.2 Å². The van der Waals surface area contributed by atoms with Crippen LogP contribution in [-0.2, 0) is 19.0 Å². The van der Waals surface area contributed by atoms with Crippen molar-refractivity contribution in [3.05, 3.63) is 0 Å². The number of carbonyl (C=O) groups excluding carboxylic acids is 2. The summed E-state index contributed by atoms with van der Waals surface area (Å²) in [6, 6.07) is -1.14. The molecular formula is C19H32N2O7S. The summed E-state index contributed by atoms with van der Waals surface area (Å²) in [5, 5.41) is 24.0. The molecule has 166 valence electrons. The van der Waals surface area contributed by atoms with Gasteiger partial charge in [0.2, 0.25) is 5.91 Å². The standard InChI is InChI=1S/C19H32N2O7S/c1-5-6-10-7-11(21(3)8-10)17(24)20-12(9(2)22)14-13(23)15-16(18(26-14)29-4)28-19(25)27-15/h9-16,18,22-23H,5-8H2,1-4H3,(H,20,24)/t9?,10?,11-,12?,13?,14?,15?,16?,18?/m0/s1. The van der Waals surface area contributed by atoms with E-state index in [1.165, 1.54) is 18.7 Å². The van der Waals surface area contributed by atoms with Crippen LogP contribution >= 0.6 is 11.8 Å². The highest BCUT2D eigenvalue weighted by atomic mass is 32.2. The minimum absolute atomic E-state index is 0.199. The summed E-state index contributed by atoms with van der Waals surface area (Å²) in [5.41, 5.74) is -0.568. The zero-order valence-corrected chi connectivity index (χ0v) is 18.1. The molecule has 3 fully saturated rings. The lowest BCUT2D eigenvalue weighted by Crippen LogP contribution is -2.65. The average molecular weight is 433 g/mol. The number of ether oxygens (including phenoxy) is 3. The summed E-state index contributed by atoms with van der Waals surface area (Å²) in [4.78, 5) is 26.6. The van der Waals surface area contributed by atoms with Gasteiger partial charge in [-0.25, -0.2) is 4.79 Å². The van der Waals surface area contributed by atoms with Crippen LogP contribution in [0.2, 0.25) is 0 Å². The number of rotatable bonds is 7. The second kappa shape index (κ2) is 9.38. The van der Waals surface area contributed by atoms with Crippen molar-refractivity contribution < 1.29 is 34.0 Å². The zero-order valence-electron chi connectivity index (χ0n) is 17.3. The fourth-order valence-corrected chi connectivity index (χ4v) is 5.33. The number of likely N-dealkylation sites (tertiary alicyclic amines) is 1. The number of aliphatic hydroxyl groups excluding tert-OH is 2. The molecule has 1 amide bonds. The van der Waals surface area contributed by atoms with Crippen molar-refractivity contribution in [1.29, 1.82) is 0 Å². The molecule has 8 unspecified atom stereocenters. The molecule has 9 atom stereocenters. The molecule has 0 aromatic rings. The van der Waals surface area contributed by atoms with Crippen LogP contribution in [0.1, 0.15) is 33.1 Å². The zero-order chi connectivity index (χ0) is 21.3. The quantitative estimate of drug-likeness (QED) is 0.489. The van der Waals surface area contributed by atoms with Crippen LogP contribution in [0.4, 0.5) is 4.79 Å². The number of fused-ring (bicyclic) bond motifs is 1. The predicted octanol–water partition coefficient (Wildman–Crippen LogP) is 0.325. The fraction of sp³-hybridized carbons (Fsp3) is 0.895. The lowest BCUT2D eigenvalue weighted by Gasteiger charge is -2.42. The van der Waals surface area contributed by atoms with E-state index >= 15 is 0 Å². The lowest BCUT2D eigenvalue weighted by molar-refractivity contribution is -0.179. The van der Waals surface area contributed by atoms with Gasteiger partial charge in [0, 0.05) is 6.54 Å². The number of carbonyl (C=O) groups is 2. The molecule has 0 bridgehead atoms. The molecule has 3 rings (SSSR count). The molecule has 3 saturated heterocycles. The molecule has 10 heteroatoms. The van der Waals surface area contributed by atoms with Gasteiger partial charge in [-0.3, -0.25) is 9.69 Å². The maximum absolute atomic E-state index is 13.0. The molecule has 29 heavy (non-hydrogen) atoms. The second-order valence-electron chi connectivity index (χ2n) is 8.23. The molecule has 9 nitrogen and oxygen atoms in total. The van der Waals surface area contributed by atoms with Crippen molar-refractivity contribution in [3.63, 3.8) is 0 Å². The van der Waals surface area contributed by atoms with Crippen LogP contribution in [0.25, 0.3) is 0 Å². The van der Waals surface area contributed by atoms with Crippen molar-refractivity contribution >= 4 is 23.8 Å². The van der Waals surface area contributed by atoms with Crippen molar-refractivity contribution in [3.8, 4) is 0 Å². The molecule has 0 saturated carbocycles. The van der Waals surface area contributed by atoms with E-state index in [1.54, 1.807) is 6.26 Å². The first-order valence-corrected chi connectivity index (χ1v) is 11.5. The number of aliphatic hydroxyl groups is 2. The number of thioether (sulfide) groups is 1. The Balaban J connectivity index is 1.72. The van der Waals surface area contributed by atoms with Gasteiger partial charge in [-0.15, -0.1) is 11.8 Å². The fourth-order valence-electron chi connectivity index (χ4n) is 4.61. The Morgan fingerprint density at radius 3 is 2.69 bits per heavy atom. The summed E-state index contributed by atoms with van der Waals surface area (Å²) in [5.74, 6) is 0.272. The van der Waals surface area contributed by atoms with Gasteiger partial charge in [-0.05, 0) is 39.0 Å². The highest BCUT2D eigenvalue weighted by molar-refractivity contribution is 7.99. The maximum Gasteiger partial charge on any atom is 0.509 e. The molecule has 0 aromatic carbocycles. The Bertz CT molecular complexity index is 607. The summed E-state index contributed by atoms with van der Waals surface area (Å²) in [7, 11) is 1.92. The molecular weight excluding hydrogens is 400 g/mol. The Hall–Kier alpha value is -1.07. The van der Waals surface area contributed by atoms with Crippen LogP contribution in [-0.4, -0.2) is 95.1 Å². The van der Waals surface area contributed by atoms with Crippen LogP contribution in [0.3, 0.4) is 0 Å². The van der Waals surface area contributed by atoms with E-state index in [0.717, 1.165) is 25.8 Å². The van der Waals surface area contributed by atoms with E-state index in [1.807, 2.05) is 11.9 Å².